The standard InChI is InChI=1S/C13H13Cl2NO3/c1-3-19-13(18)12(8(2)17)7-16-11-5-9(14)4-10(15)6-11/h4-7,17H,3H2,1-2H3/b12-8-,16-7?. The number of aliphatic hydroxyl groups excluding tert-OH is 1. The number of aliphatic hydroxyl groups is 1. The van der Waals surface area contributed by atoms with Crippen LogP contribution in [0.25, 0.3) is 0 Å². The highest BCUT2D eigenvalue weighted by Crippen LogP contribution is 2.24. The lowest BCUT2D eigenvalue weighted by atomic mass is 10.2. The monoisotopic (exact) mass is 301 g/mol. The average Bonchev–Trinajstić information content (AvgIpc) is 2.27. The Hall–Kier alpha value is -1.52. The van der Waals surface area contributed by atoms with Gasteiger partial charge in [-0.3, -0.25) is 4.99 Å². The molecule has 1 N–H and O–H groups in total. The summed E-state index contributed by atoms with van der Waals surface area (Å²) in [7, 11) is 0. The highest BCUT2D eigenvalue weighted by atomic mass is 35.5. The van der Waals surface area contributed by atoms with Crippen LogP contribution in [-0.4, -0.2) is 23.9 Å². The van der Waals surface area contributed by atoms with Crippen molar-refractivity contribution in [2.75, 3.05) is 6.61 Å². The van der Waals surface area contributed by atoms with Crippen LogP contribution in [0.1, 0.15) is 13.8 Å². The van der Waals surface area contributed by atoms with Crippen molar-refractivity contribution < 1.29 is 14.6 Å². The number of halogens is 2. The molecular weight excluding hydrogens is 289 g/mol. The third-order valence-electron chi connectivity index (χ3n) is 2.08. The second-order valence-corrected chi connectivity index (χ2v) is 4.48. The number of carbonyl (C=O) groups is 1. The second kappa shape index (κ2) is 7.16. The Morgan fingerprint density at radius 1 is 1.37 bits per heavy atom. The van der Waals surface area contributed by atoms with Gasteiger partial charge in [0.05, 0.1) is 12.3 Å². The lowest BCUT2D eigenvalue weighted by molar-refractivity contribution is -0.138. The van der Waals surface area contributed by atoms with Crippen molar-refractivity contribution in [3.8, 4) is 0 Å². The molecular formula is C13H13Cl2NO3. The van der Waals surface area contributed by atoms with E-state index in [2.05, 4.69) is 4.99 Å². The minimum atomic E-state index is -0.639. The summed E-state index contributed by atoms with van der Waals surface area (Å²) in [6, 6.07) is 4.74. The molecule has 0 heterocycles. The zero-order valence-corrected chi connectivity index (χ0v) is 12.0. The number of allylic oxidation sites excluding steroid dienone is 1. The van der Waals surface area contributed by atoms with E-state index in [1.165, 1.54) is 13.1 Å². The molecule has 0 atom stereocenters. The van der Waals surface area contributed by atoms with Gasteiger partial charge in [0.25, 0.3) is 0 Å². The van der Waals surface area contributed by atoms with Crippen LogP contribution in [0, 0.1) is 0 Å². The smallest absolute Gasteiger partial charge is 0.343 e. The number of aliphatic imine (C=N–C) groups is 1. The molecule has 0 aliphatic heterocycles. The highest BCUT2D eigenvalue weighted by molar-refractivity contribution is 6.35. The molecule has 0 amide bonds. The number of esters is 1. The zero-order chi connectivity index (χ0) is 14.4. The third kappa shape index (κ3) is 4.93. The molecule has 102 valence electrons. The number of hydrogen-bond donors (Lipinski definition) is 1. The topological polar surface area (TPSA) is 58.9 Å². The van der Waals surface area contributed by atoms with Gasteiger partial charge in [0.15, 0.2) is 0 Å². The van der Waals surface area contributed by atoms with Crippen LogP contribution < -0.4 is 0 Å². The van der Waals surface area contributed by atoms with Crippen LogP contribution in [0.15, 0.2) is 34.5 Å². The van der Waals surface area contributed by atoms with E-state index in [0.717, 1.165) is 0 Å². The normalized spacial score (nSPS) is 12.4. The molecule has 0 aromatic heterocycles. The van der Waals surface area contributed by atoms with Crippen LogP contribution >= 0.6 is 23.2 Å². The lowest BCUT2D eigenvalue weighted by Crippen LogP contribution is -2.10. The molecule has 0 bridgehead atoms. The lowest BCUT2D eigenvalue weighted by Gasteiger charge is -2.03. The molecule has 0 radical (unpaired) electrons. The molecule has 0 spiro atoms. The third-order valence-corrected chi connectivity index (χ3v) is 2.51. The number of rotatable bonds is 4. The fourth-order valence-electron chi connectivity index (χ4n) is 1.26. The summed E-state index contributed by atoms with van der Waals surface area (Å²) in [5.41, 5.74) is 0.457. The van der Waals surface area contributed by atoms with Crippen LogP contribution in [0.3, 0.4) is 0 Å². The number of nitrogens with zero attached hydrogens (tertiary/aromatic N) is 1. The highest BCUT2D eigenvalue weighted by Gasteiger charge is 2.11. The first-order valence-electron chi connectivity index (χ1n) is 5.51. The van der Waals surface area contributed by atoms with Crippen LogP contribution in [-0.2, 0) is 9.53 Å². The summed E-state index contributed by atoms with van der Waals surface area (Å²) in [5, 5.41) is 10.3. The van der Waals surface area contributed by atoms with Crippen molar-refractivity contribution in [1.29, 1.82) is 0 Å². The molecule has 0 saturated heterocycles. The van der Waals surface area contributed by atoms with E-state index in [9.17, 15) is 9.90 Å². The number of hydrogen-bond acceptors (Lipinski definition) is 4. The van der Waals surface area contributed by atoms with Crippen molar-refractivity contribution in [3.63, 3.8) is 0 Å². The van der Waals surface area contributed by atoms with Gasteiger partial charge >= 0.3 is 5.97 Å². The van der Waals surface area contributed by atoms with E-state index in [1.54, 1.807) is 25.1 Å². The van der Waals surface area contributed by atoms with Crippen LogP contribution in [0.2, 0.25) is 10.0 Å². The Bertz CT molecular complexity index is 514. The van der Waals surface area contributed by atoms with Gasteiger partial charge in [-0.1, -0.05) is 23.2 Å². The largest absolute Gasteiger partial charge is 0.512 e. The Balaban J connectivity index is 3.00. The van der Waals surface area contributed by atoms with E-state index in [0.29, 0.717) is 15.7 Å². The molecule has 0 aliphatic carbocycles. The van der Waals surface area contributed by atoms with E-state index >= 15 is 0 Å². The van der Waals surface area contributed by atoms with Gasteiger partial charge < -0.3 is 9.84 Å². The molecule has 0 unspecified atom stereocenters. The molecule has 4 nitrogen and oxygen atoms in total. The summed E-state index contributed by atoms with van der Waals surface area (Å²) in [5.74, 6) is -0.810. The summed E-state index contributed by atoms with van der Waals surface area (Å²) in [6.07, 6.45) is 1.22. The van der Waals surface area contributed by atoms with Crippen molar-refractivity contribution in [2.45, 2.75) is 13.8 Å². The Labute approximate surface area is 121 Å². The minimum Gasteiger partial charge on any atom is -0.512 e. The Morgan fingerprint density at radius 2 is 1.95 bits per heavy atom. The quantitative estimate of drug-likeness (QED) is 0.394. The van der Waals surface area contributed by atoms with Crippen molar-refractivity contribution >= 4 is 41.1 Å². The molecule has 0 saturated carbocycles. The summed E-state index contributed by atoms with van der Waals surface area (Å²) in [4.78, 5) is 15.6. The minimum absolute atomic E-state index is 0.0158. The molecule has 1 aromatic carbocycles. The van der Waals surface area contributed by atoms with Gasteiger partial charge in [0, 0.05) is 16.3 Å². The van der Waals surface area contributed by atoms with E-state index < -0.39 is 5.97 Å². The van der Waals surface area contributed by atoms with Gasteiger partial charge in [-0.25, -0.2) is 4.79 Å². The second-order valence-electron chi connectivity index (χ2n) is 3.61. The fraction of sp³-hybridized carbons (Fsp3) is 0.231. The predicted octanol–water partition coefficient (Wildman–Crippen LogP) is 4.09. The van der Waals surface area contributed by atoms with Gasteiger partial charge in [0.1, 0.15) is 11.3 Å². The van der Waals surface area contributed by atoms with Crippen molar-refractivity contribution in [1.82, 2.24) is 0 Å². The molecule has 0 aliphatic rings. The number of carbonyl (C=O) groups excluding carboxylic acids is 1. The van der Waals surface area contributed by atoms with Crippen LogP contribution in [0.5, 0.6) is 0 Å². The molecule has 1 rings (SSSR count). The van der Waals surface area contributed by atoms with Gasteiger partial charge in [0.2, 0.25) is 0 Å². The molecule has 0 fully saturated rings. The summed E-state index contributed by atoms with van der Waals surface area (Å²) >= 11 is 11.7. The van der Waals surface area contributed by atoms with Crippen molar-refractivity contribution in [3.05, 3.63) is 39.6 Å². The zero-order valence-electron chi connectivity index (χ0n) is 10.5. The maximum atomic E-state index is 11.6. The van der Waals surface area contributed by atoms with Gasteiger partial charge in [-0.2, -0.15) is 0 Å². The first-order chi connectivity index (χ1) is 8.93. The van der Waals surface area contributed by atoms with Gasteiger partial charge in [-0.15, -0.1) is 0 Å². The number of benzene rings is 1. The van der Waals surface area contributed by atoms with Crippen molar-refractivity contribution in [2.24, 2.45) is 4.99 Å². The van der Waals surface area contributed by atoms with E-state index in [-0.39, 0.29) is 17.9 Å². The SMILES string of the molecule is CCOC(=O)/C(C=Nc1cc(Cl)cc(Cl)c1)=C(/C)O. The Morgan fingerprint density at radius 3 is 2.42 bits per heavy atom. The number of ether oxygens (including phenoxy) is 1. The fourth-order valence-corrected chi connectivity index (χ4v) is 1.77. The molecule has 1 aromatic rings. The summed E-state index contributed by atoms with van der Waals surface area (Å²) in [6.45, 7) is 3.27. The molecule has 6 heteroatoms. The first-order valence-corrected chi connectivity index (χ1v) is 6.26. The maximum Gasteiger partial charge on any atom is 0.343 e. The van der Waals surface area contributed by atoms with Crippen LogP contribution in [0.4, 0.5) is 5.69 Å². The molecule has 19 heavy (non-hydrogen) atoms. The van der Waals surface area contributed by atoms with E-state index in [1.807, 2.05) is 0 Å². The summed E-state index contributed by atoms with van der Waals surface area (Å²) < 4.78 is 4.80. The maximum absolute atomic E-state index is 11.6. The van der Waals surface area contributed by atoms with Gasteiger partial charge in [-0.05, 0) is 32.0 Å². The average molecular weight is 302 g/mol. The van der Waals surface area contributed by atoms with E-state index in [4.69, 9.17) is 27.9 Å². The Kier molecular flexibility index (Phi) is 5.86. The predicted molar refractivity (Wildman–Crippen MR) is 76.6 cm³/mol. The first kappa shape index (κ1) is 15.5.